The molecule has 116 valence electrons. The summed E-state index contributed by atoms with van der Waals surface area (Å²) < 4.78 is 10.4. The van der Waals surface area contributed by atoms with Crippen molar-refractivity contribution in [3.63, 3.8) is 0 Å². The number of furan rings is 1. The first-order valence-electron chi connectivity index (χ1n) is 6.61. The van der Waals surface area contributed by atoms with Gasteiger partial charge in [0.1, 0.15) is 11.5 Å². The van der Waals surface area contributed by atoms with Crippen LogP contribution >= 0.6 is 0 Å². The van der Waals surface area contributed by atoms with Crippen molar-refractivity contribution in [2.24, 2.45) is 0 Å². The molecule has 1 atom stereocenters. The van der Waals surface area contributed by atoms with E-state index in [1.54, 1.807) is 12.1 Å². The second kappa shape index (κ2) is 6.34. The smallest absolute Gasteiger partial charge is 0.371 e. The van der Waals surface area contributed by atoms with E-state index in [2.05, 4.69) is 0 Å². The fraction of sp³-hybridized carbons (Fsp3) is 0.250. The van der Waals surface area contributed by atoms with Crippen LogP contribution < -0.4 is 4.74 Å². The highest BCUT2D eigenvalue weighted by Crippen LogP contribution is 2.31. The molecule has 2 aromatic rings. The molecule has 1 unspecified atom stereocenters. The first kappa shape index (κ1) is 15.6. The second-order valence-corrected chi connectivity index (χ2v) is 4.91. The SMILES string of the molecule is COc1ccc(C)cc1C(Cc1ccc(C(=O)O)o1)C(=O)O. The topological polar surface area (TPSA) is 97.0 Å². The van der Waals surface area contributed by atoms with E-state index in [9.17, 15) is 14.7 Å². The Kier molecular flexibility index (Phi) is 4.50. The molecule has 0 spiro atoms. The van der Waals surface area contributed by atoms with Gasteiger partial charge in [0.15, 0.2) is 0 Å². The van der Waals surface area contributed by atoms with Crippen molar-refractivity contribution in [3.05, 3.63) is 53.0 Å². The second-order valence-electron chi connectivity index (χ2n) is 4.91. The van der Waals surface area contributed by atoms with Gasteiger partial charge in [0.25, 0.3) is 0 Å². The summed E-state index contributed by atoms with van der Waals surface area (Å²) in [4.78, 5) is 22.4. The average Bonchev–Trinajstić information content (AvgIpc) is 2.93. The lowest BCUT2D eigenvalue weighted by molar-refractivity contribution is -0.138. The summed E-state index contributed by atoms with van der Waals surface area (Å²) in [7, 11) is 1.47. The molecule has 0 amide bonds. The van der Waals surface area contributed by atoms with Crippen molar-refractivity contribution in [2.45, 2.75) is 19.3 Å². The Morgan fingerprint density at radius 2 is 1.95 bits per heavy atom. The molecule has 0 saturated heterocycles. The fourth-order valence-corrected chi connectivity index (χ4v) is 2.26. The molecule has 2 rings (SSSR count). The Morgan fingerprint density at radius 1 is 1.23 bits per heavy atom. The average molecular weight is 304 g/mol. The summed E-state index contributed by atoms with van der Waals surface area (Å²) >= 11 is 0. The monoisotopic (exact) mass is 304 g/mol. The van der Waals surface area contributed by atoms with Crippen LogP contribution in [0.25, 0.3) is 0 Å². The van der Waals surface area contributed by atoms with Crippen LogP contribution in [0.15, 0.2) is 34.7 Å². The summed E-state index contributed by atoms with van der Waals surface area (Å²) in [6, 6.07) is 8.08. The fourth-order valence-electron chi connectivity index (χ4n) is 2.26. The third kappa shape index (κ3) is 3.28. The highest BCUT2D eigenvalue weighted by atomic mass is 16.5. The van der Waals surface area contributed by atoms with Gasteiger partial charge in [-0.05, 0) is 25.1 Å². The van der Waals surface area contributed by atoms with Crippen LogP contribution in [0.4, 0.5) is 0 Å². The summed E-state index contributed by atoms with van der Waals surface area (Å²) in [5.41, 5.74) is 1.44. The number of aliphatic carboxylic acids is 1. The van der Waals surface area contributed by atoms with Gasteiger partial charge in [0.05, 0.1) is 13.0 Å². The van der Waals surface area contributed by atoms with E-state index >= 15 is 0 Å². The minimum Gasteiger partial charge on any atom is -0.496 e. The molecule has 0 aliphatic carbocycles. The van der Waals surface area contributed by atoms with Crippen LogP contribution in [0.1, 0.15) is 33.4 Å². The Balaban J connectivity index is 2.36. The lowest BCUT2D eigenvalue weighted by Gasteiger charge is -2.16. The van der Waals surface area contributed by atoms with E-state index in [1.807, 2.05) is 13.0 Å². The molecule has 2 N–H and O–H groups in total. The quantitative estimate of drug-likeness (QED) is 0.851. The highest BCUT2D eigenvalue weighted by molar-refractivity contribution is 5.84. The number of carboxylic acids is 2. The molecule has 1 aromatic heterocycles. The highest BCUT2D eigenvalue weighted by Gasteiger charge is 2.26. The number of aryl methyl sites for hydroxylation is 1. The Labute approximate surface area is 126 Å². The van der Waals surface area contributed by atoms with E-state index in [0.29, 0.717) is 17.1 Å². The molecular formula is C16H16O6. The number of ether oxygens (including phenoxy) is 1. The molecule has 6 nitrogen and oxygen atoms in total. The number of carboxylic acid groups (broad SMARTS) is 2. The Bertz CT molecular complexity index is 700. The van der Waals surface area contributed by atoms with Gasteiger partial charge in [0, 0.05) is 12.0 Å². The van der Waals surface area contributed by atoms with Gasteiger partial charge in [-0.25, -0.2) is 4.79 Å². The van der Waals surface area contributed by atoms with Gasteiger partial charge in [-0.3, -0.25) is 4.79 Å². The summed E-state index contributed by atoms with van der Waals surface area (Å²) in [6.07, 6.45) is 0.0441. The summed E-state index contributed by atoms with van der Waals surface area (Å²) in [5.74, 6) is -2.54. The van der Waals surface area contributed by atoms with Crippen LogP contribution in [0.3, 0.4) is 0 Å². The van der Waals surface area contributed by atoms with Crippen molar-refractivity contribution in [3.8, 4) is 5.75 Å². The zero-order valence-electron chi connectivity index (χ0n) is 12.2. The first-order chi connectivity index (χ1) is 10.4. The lowest BCUT2D eigenvalue weighted by Crippen LogP contribution is -2.15. The molecule has 0 aliphatic heterocycles. The first-order valence-corrected chi connectivity index (χ1v) is 6.61. The minimum absolute atomic E-state index is 0.0441. The van der Waals surface area contributed by atoms with Gasteiger partial charge in [-0.1, -0.05) is 17.7 Å². The van der Waals surface area contributed by atoms with Gasteiger partial charge in [0.2, 0.25) is 5.76 Å². The maximum Gasteiger partial charge on any atom is 0.371 e. The van der Waals surface area contributed by atoms with E-state index in [4.69, 9.17) is 14.3 Å². The molecule has 0 aliphatic rings. The molecule has 1 heterocycles. The molecule has 22 heavy (non-hydrogen) atoms. The normalized spacial score (nSPS) is 11.9. The molecule has 6 heteroatoms. The maximum absolute atomic E-state index is 11.6. The largest absolute Gasteiger partial charge is 0.496 e. The van der Waals surface area contributed by atoms with Crippen LogP contribution in [-0.4, -0.2) is 29.3 Å². The zero-order chi connectivity index (χ0) is 16.3. The van der Waals surface area contributed by atoms with Gasteiger partial charge >= 0.3 is 11.9 Å². The van der Waals surface area contributed by atoms with Crippen molar-refractivity contribution in [1.82, 2.24) is 0 Å². The molecule has 1 aromatic carbocycles. The van der Waals surface area contributed by atoms with Crippen molar-refractivity contribution >= 4 is 11.9 Å². The van der Waals surface area contributed by atoms with Gasteiger partial charge in [-0.2, -0.15) is 0 Å². The number of aromatic carboxylic acids is 1. The number of hydrogen-bond acceptors (Lipinski definition) is 4. The van der Waals surface area contributed by atoms with Crippen molar-refractivity contribution < 1.29 is 29.0 Å². The number of carbonyl (C=O) groups is 2. The van der Waals surface area contributed by atoms with Crippen LogP contribution in [0.2, 0.25) is 0 Å². The predicted molar refractivity (Wildman–Crippen MR) is 77.5 cm³/mol. The molecule has 0 radical (unpaired) electrons. The van der Waals surface area contributed by atoms with E-state index in [1.165, 1.54) is 19.2 Å². The van der Waals surface area contributed by atoms with E-state index in [0.717, 1.165) is 5.56 Å². The third-order valence-corrected chi connectivity index (χ3v) is 3.34. The van der Waals surface area contributed by atoms with Crippen LogP contribution in [0, 0.1) is 6.92 Å². The van der Waals surface area contributed by atoms with Gasteiger partial charge < -0.3 is 19.4 Å². The predicted octanol–water partition coefficient (Wildman–Crippen LogP) is 2.71. The number of rotatable bonds is 6. The lowest BCUT2D eigenvalue weighted by atomic mass is 9.92. The molecule has 0 bridgehead atoms. The summed E-state index contributed by atoms with van der Waals surface area (Å²) in [5, 5.41) is 18.3. The maximum atomic E-state index is 11.6. The minimum atomic E-state index is -1.19. The standard InChI is InChI=1S/C16H16O6/c1-9-3-5-13(21-2)11(7-9)12(15(17)18)8-10-4-6-14(22-10)16(19)20/h3-7,12H,8H2,1-2H3,(H,17,18)(H,19,20). The number of benzene rings is 1. The molecular weight excluding hydrogens is 288 g/mol. The number of methoxy groups -OCH3 is 1. The zero-order valence-corrected chi connectivity index (χ0v) is 12.2. The molecule has 0 fully saturated rings. The summed E-state index contributed by atoms with van der Waals surface area (Å²) in [6.45, 7) is 1.86. The van der Waals surface area contributed by atoms with Crippen molar-refractivity contribution in [2.75, 3.05) is 7.11 Å². The number of hydrogen-bond donors (Lipinski definition) is 2. The third-order valence-electron chi connectivity index (χ3n) is 3.34. The van der Waals surface area contributed by atoms with E-state index in [-0.39, 0.29) is 12.2 Å². The van der Waals surface area contributed by atoms with Crippen LogP contribution in [0.5, 0.6) is 5.75 Å². The molecule has 0 saturated carbocycles. The van der Waals surface area contributed by atoms with Crippen LogP contribution in [-0.2, 0) is 11.2 Å². The van der Waals surface area contributed by atoms with Gasteiger partial charge in [-0.15, -0.1) is 0 Å². The Hall–Kier alpha value is -2.76. The van der Waals surface area contributed by atoms with E-state index < -0.39 is 17.9 Å². The Morgan fingerprint density at radius 3 is 2.50 bits per heavy atom. The van der Waals surface area contributed by atoms with Crippen molar-refractivity contribution in [1.29, 1.82) is 0 Å².